The van der Waals surface area contributed by atoms with E-state index < -0.39 is 11.4 Å². The fraction of sp³-hybridized carbons (Fsp3) is 0.846. The summed E-state index contributed by atoms with van der Waals surface area (Å²) >= 11 is 0. The fourth-order valence-corrected chi connectivity index (χ4v) is 2.75. The molecular formula is C13H24N2O3. The number of carbonyl (C=O) groups excluding carboxylic acids is 1. The van der Waals surface area contributed by atoms with Crippen molar-refractivity contribution in [1.29, 1.82) is 0 Å². The molecule has 0 spiro atoms. The van der Waals surface area contributed by atoms with Gasteiger partial charge >= 0.3 is 5.97 Å². The van der Waals surface area contributed by atoms with Crippen molar-refractivity contribution in [2.45, 2.75) is 52.0 Å². The Morgan fingerprint density at radius 2 is 2.00 bits per heavy atom. The molecule has 1 saturated heterocycles. The summed E-state index contributed by atoms with van der Waals surface area (Å²) in [5.41, 5.74) is 5.27. The van der Waals surface area contributed by atoms with Crippen LogP contribution in [0.25, 0.3) is 0 Å². The number of carboxylic acid groups (broad SMARTS) is 1. The van der Waals surface area contributed by atoms with Crippen LogP contribution in [0, 0.1) is 5.41 Å². The van der Waals surface area contributed by atoms with Crippen LogP contribution in [0.15, 0.2) is 0 Å². The molecule has 18 heavy (non-hydrogen) atoms. The maximum absolute atomic E-state index is 12.6. The van der Waals surface area contributed by atoms with Gasteiger partial charge in [0.1, 0.15) is 0 Å². The molecule has 0 aliphatic carbocycles. The number of carboxylic acids is 1. The lowest BCUT2D eigenvalue weighted by molar-refractivity contribution is -0.145. The van der Waals surface area contributed by atoms with Crippen LogP contribution in [0.3, 0.4) is 0 Å². The van der Waals surface area contributed by atoms with Crippen LogP contribution in [0.1, 0.15) is 46.0 Å². The Kier molecular flexibility index (Phi) is 5.14. The third kappa shape index (κ3) is 2.83. The second-order valence-electron chi connectivity index (χ2n) is 5.08. The lowest BCUT2D eigenvalue weighted by Gasteiger charge is -2.35. The van der Waals surface area contributed by atoms with Crippen LogP contribution in [-0.4, -0.2) is 41.0 Å². The summed E-state index contributed by atoms with van der Waals surface area (Å²) in [5.74, 6) is -0.801. The van der Waals surface area contributed by atoms with Crippen molar-refractivity contribution < 1.29 is 14.7 Å². The zero-order chi connectivity index (χ0) is 13.8. The van der Waals surface area contributed by atoms with Gasteiger partial charge in [0.2, 0.25) is 5.91 Å². The summed E-state index contributed by atoms with van der Waals surface area (Å²) in [6, 6.07) is -0.154. The summed E-state index contributed by atoms with van der Waals surface area (Å²) in [5, 5.41) is 8.89. The average molecular weight is 256 g/mol. The van der Waals surface area contributed by atoms with Crippen molar-refractivity contribution in [2.24, 2.45) is 11.1 Å². The van der Waals surface area contributed by atoms with Crippen LogP contribution in [0.5, 0.6) is 0 Å². The first-order valence-corrected chi connectivity index (χ1v) is 6.73. The second kappa shape index (κ2) is 6.18. The van der Waals surface area contributed by atoms with Gasteiger partial charge < -0.3 is 15.7 Å². The van der Waals surface area contributed by atoms with Gasteiger partial charge in [-0.1, -0.05) is 13.8 Å². The second-order valence-corrected chi connectivity index (χ2v) is 5.08. The minimum absolute atomic E-state index is 0.0405. The van der Waals surface area contributed by atoms with Gasteiger partial charge in [0.15, 0.2) is 0 Å². The molecule has 0 aromatic rings. The van der Waals surface area contributed by atoms with Gasteiger partial charge in [0, 0.05) is 19.1 Å². The Morgan fingerprint density at radius 3 is 2.44 bits per heavy atom. The summed E-state index contributed by atoms with van der Waals surface area (Å²) < 4.78 is 0. The Labute approximate surface area is 108 Å². The van der Waals surface area contributed by atoms with E-state index in [0.717, 1.165) is 12.8 Å². The molecule has 5 heteroatoms. The van der Waals surface area contributed by atoms with Gasteiger partial charge in [0.25, 0.3) is 0 Å². The number of amides is 1. The SMILES string of the molecule is CCC(CC)(CN)C(=O)N1CCCC1CC(=O)O. The van der Waals surface area contributed by atoms with Gasteiger partial charge in [-0.15, -0.1) is 0 Å². The quantitative estimate of drug-likeness (QED) is 0.748. The van der Waals surface area contributed by atoms with Crippen LogP contribution in [0.4, 0.5) is 0 Å². The normalized spacial score (nSPS) is 20.2. The van der Waals surface area contributed by atoms with Gasteiger partial charge in [-0.2, -0.15) is 0 Å². The standard InChI is InChI=1S/C13H24N2O3/c1-3-13(4-2,9-14)12(18)15-7-5-6-10(15)8-11(16)17/h10H,3-9,14H2,1-2H3,(H,16,17). The van der Waals surface area contributed by atoms with E-state index in [4.69, 9.17) is 10.8 Å². The van der Waals surface area contributed by atoms with Crippen molar-refractivity contribution in [3.63, 3.8) is 0 Å². The van der Waals surface area contributed by atoms with Crippen molar-refractivity contribution >= 4 is 11.9 Å². The first-order chi connectivity index (χ1) is 8.50. The van der Waals surface area contributed by atoms with Gasteiger partial charge in [-0.3, -0.25) is 9.59 Å². The van der Waals surface area contributed by atoms with Gasteiger partial charge in [0.05, 0.1) is 11.8 Å². The minimum Gasteiger partial charge on any atom is -0.481 e. The molecule has 1 amide bonds. The molecule has 1 atom stereocenters. The molecule has 104 valence electrons. The predicted molar refractivity (Wildman–Crippen MR) is 69.1 cm³/mol. The summed E-state index contributed by atoms with van der Waals surface area (Å²) in [4.78, 5) is 25.2. The van der Waals surface area contributed by atoms with E-state index in [-0.39, 0.29) is 18.4 Å². The smallest absolute Gasteiger partial charge is 0.305 e. The van der Waals surface area contributed by atoms with Crippen molar-refractivity contribution in [3.8, 4) is 0 Å². The summed E-state index contributed by atoms with van der Waals surface area (Å²) in [6.45, 7) is 4.93. The number of carbonyl (C=O) groups is 2. The Morgan fingerprint density at radius 1 is 1.39 bits per heavy atom. The first-order valence-electron chi connectivity index (χ1n) is 6.73. The molecule has 1 heterocycles. The lowest BCUT2D eigenvalue weighted by atomic mass is 9.80. The molecule has 1 unspecified atom stereocenters. The van der Waals surface area contributed by atoms with Crippen LogP contribution < -0.4 is 5.73 Å². The number of rotatable bonds is 6. The minimum atomic E-state index is -0.842. The van der Waals surface area contributed by atoms with Crippen LogP contribution in [0.2, 0.25) is 0 Å². The van der Waals surface area contributed by atoms with Gasteiger partial charge in [-0.25, -0.2) is 0 Å². The van der Waals surface area contributed by atoms with E-state index in [1.165, 1.54) is 0 Å². The Hall–Kier alpha value is -1.10. The third-order valence-corrected chi connectivity index (χ3v) is 4.25. The number of hydrogen-bond acceptors (Lipinski definition) is 3. The van der Waals surface area contributed by atoms with E-state index in [1.54, 1.807) is 4.90 Å². The monoisotopic (exact) mass is 256 g/mol. The molecule has 0 saturated carbocycles. The van der Waals surface area contributed by atoms with Crippen molar-refractivity contribution in [1.82, 2.24) is 4.90 Å². The maximum Gasteiger partial charge on any atom is 0.305 e. The van der Waals surface area contributed by atoms with Gasteiger partial charge in [-0.05, 0) is 25.7 Å². The highest BCUT2D eigenvalue weighted by Gasteiger charge is 2.41. The molecule has 0 bridgehead atoms. The van der Waals surface area contributed by atoms with E-state index in [9.17, 15) is 9.59 Å². The van der Waals surface area contributed by atoms with Crippen molar-refractivity contribution in [3.05, 3.63) is 0 Å². The Balaban J connectivity index is 2.84. The van der Waals surface area contributed by atoms with Crippen molar-refractivity contribution in [2.75, 3.05) is 13.1 Å². The molecule has 1 rings (SSSR count). The van der Waals surface area contributed by atoms with E-state index >= 15 is 0 Å². The molecule has 5 nitrogen and oxygen atoms in total. The van der Waals surface area contributed by atoms with E-state index in [1.807, 2.05) is 13.8 Å². The molecular weight excluding hydrogens is 232 g/mol. The average Bonchev–Trinajstić information content (AvgIpc) is 2.79. The first kappa shape index (κ1) is 15.0. The number of likely N-dealkylation sites (tertiary alicyclic amines) is 1. The number of nitrogens with zero attached hydrogens (tertiary/aromatic N) is 1. The molecule has 0 radical (unpaired) electrons. The molecule has 1 aliphatic heterocycles. The predicted octanol–water partition coefficient (Wildman–Crippen LogP) is 1.22. The number of hydrogen-bond donors (Lipinski definition) is 2. The highest BCUT2D eigenvalue weighted by Crippen LogP contribution is 2.32. The summed E-state index contributed by atoms with van der Waals surface area (Å²) in [7, 11) is 0. The molecule has 0 aromatic carbocycles. The molecule has 1 fully saturated rings. The zero-order valence-corrected chi connectivity index (χ0v) is 11.3. The maximum atomic E-state index is 12.6. The van der Waals surface area contributed by atoms with E-state index in [0.29, 0.717) is 25.9 Å². The topological polar surface area (TPSA) is 83.6 Å². The zero-order valence-electron chi connectivity index (χ0n) is 11.3. The van der Waals surface area contributed by atoms with E-state index in [2.05, 4.69) is 0 Å². The number of aliphatic carboxylic acids is 1. The number of nitrogens with two attached hydrogens (primary N) is 1. The molecule has 1 aliphatic rings. The van der Waals surface area contributed by atoms with Crippen LogP contribution in [-0.2, 0) is 9.59 Å². The third-order valence-electron chi connectivity index (χ3n) is 4.25. The summed E-state index contributed by atoms with van der Waals surface area (Å²) in [6.07, 6.45) is 3.12. The highest BCUT2D eigenvalue weighted by molar-refractivity contribution is 5.84. The Bertz CT molecular complexity index is 305. The molecule has 3 N–H and O–H groups in total. The highest BCUT2D eigenvalue weighted by atomic mass is 16.4. The largest absolute Gasteiger partial charge is 0.481 e. The lowest BCUT2D eigenvalue weighted by Crippen LogP contribution is -2.49. The molecule has 0 aromatic heterocycles. The fourth-order valence-electron chi connectivity index (χ4n) is 2.75. The van der Waals surface area contributed by atoms with Crippen LogP contribution >= 0.6 is 0 Å².